The molecule has 98 valence electrons. The van der Waals surface area contributed by atoms with Crippen molar-refractivity contribution in [3.05, 3.63) is 28.8 Å². The van der Waals surface area contributed by atoms with Crippen LogP contribution in [0, 0.1) is 12.8 Å². The van der Waals surface area contributed by atoms with Crippen molar-refractivity contribution in [3.8, 4) is 0 Å². The van der Waals surface area contributed by atoms with Gasteiger partial charge in [-0.25, -0.2) is 0 Å². The number of carbonyl (C=O) groups excluding carboxylic acids is 1. The fourth-order valence-electron chi connectivity index (χ4n) is 2.38. The number of piperidine rings is 1. The molecule has 0 bridgehead atoms. The van der Waals surface area contributed by atoms with Gasteiger partial charge in [0.1, 0.15) is 0 Å². The molecule has 1 heterocycles. The Hall–Kier alpha value is -1.06. The summed E-state index contributed by atoms with van der Waals surface area (Å²) in [6, 6.07) is 5.53. The number of benzene rings is 1. The molecule has 1 fully saturated rings. The van der Waals surface area contributed by atoms with Crippen LogP contribution in [0.1, 0.15) is 18.4 Å². The van der Waals surface area contributed by atoms with E-state index in [4.69, 9.17) is 11.6 Å². The van der Waals surface area contributed by atoms with Gasteiger partial charge in [0.15, 0.2) is 0 Å². The van der Waals surface area contributed by atoms with Gasteiger partial charge in [0.05, 0.1) is 5.92 Å². The Bertz CT molecular complexity index is 447. The monoisotopic (exact) mass is 266 g/mol. The van der Waals surface area contributed by atoms with Crippen LogP contribution in [0.3, 0.4) is 0 Å². The Morgan fingerprint density at radius 2 is 2.28 bits per heavy atom. The highest BCUT2D eigenvalue weighted by Crippen LogP contribution is 2.22. The number of rotatable bonds is 2. The van der Waals surface area contributed by atoms with E-state index in [1.807, 2.05) is 19.1 Å². The molecule has 1 amide bonds. The van der Waals surface area contributed by atoms with E-state index in [1.165, 1.54) is 0 Å². The minimum Gasteiger partial charge on any atom is -0.326 e. The molecule has 0 aliphatic carbocycles. The lowest BCUT2D eigenvalue weighted by atomic mass is 9.97. The van der Waals surface area contributed by atoms with Crippen LogP contribution in [0.5, 0.6) is 0 Å². The second-order valence-corrected chi connectivity index (χ2v) is 5.49. The third-order valence-electron chi connectivity index (χ3n) is 3.44. The molecule has 0 aromatic heterocycles. The number of anilines is 1. The standard InChI is InChI=1S/C14H19ClN2O/c1-10-8-12(15)5-6-13(10)16-14(18)11-4-3-7-17(2)9-11/h5-6,8,11H,3-4,7,9H2,1-2H3,(H,16,18)/t11-/m0/s1. The topological polar surface area (TPSA) is 32.3 Å². The highest BCUT2D eigenvalue weighted by atomic mass is 35.5. The van der Waals surface area contributed by atoms with E-state index < -0.39 is 0 Å². The normalized spacial score (nSPS) is 20.7. The van der Waals surface area contributed by atoms with Crippen molar-refractivity contribution in [1.82, 2.24) is 4.90 Å². The average Bonchev–Trinajstić information content (AvgIpc) is 2.32. The number of likely N-dealkylation sites (tertiary alicyclic amines) is 1. The first kappa shape index (κ1) is 13.4. The zero-order chi connectivity index (χ0) is 13.1. The van der Waals surface area contributed by atoms with Crippen LogP contribution in [0.25, 0.3) is 0 Å². The molecular formula is C14H19ClN2O. The lowest BCUT2D eigenvalue weighted by Crippen LogP contribution is -2.38. The van der Waals surface area contributed by atoms with Gasteiger partial charge in [0.2, 0.25) is 5.91 Å². The molecule has 4 heteroatoms. The maximum Gasteiger partial charge on any atom is 0.228 e. The van der Waals surface area contributed by atoms with Gasteiger partial charge in [-0.15, -0.1) is 0 Å². The molecule has 1 aromatic rings. The predicted octanol–water partition coefficient (Wildman–Crippen LogP) is 2.93. The van der Waals surface area contributed by atoms with E-state index in [-0.39, 0.29) is 11.8 Å². The summed E-state index contributed by atoms with van der Waals surface area (Å²) in [5, 5.41) is 3.70. The van der Waals surface area contributed by atoms with Crippen LogP contribution in [0.4, 0.5) is 5.69 Å². The molecule has 1 aliphatic heterocycles. The highest BCUT2D eigenvalue weighted by Gasteiger charge is 2.24. The Labute approximate surface area is 113 Å². The third-order valence-corrected chi connectivity index (χ3v) is 3.68. The largest absolute Gasteiger partial charge is 0.326 e. The fraction of sp³-hybridized carbons (Fsp3) is 0.500. The molecule has 0 radical (unpaired) electrons. The molecule has 2 rings (SSSR count). The number of aryl methyl sites for hydroxylation is 1. The van der Waals surface area contributed by atoms with Gasteiger partial charge in [0.25, 0.3) is 0 Å². The Balaban J connectivity index is 2.02. The summed E-state index contributed by atoms with van der Waals surface area (Å²) >= 11 is 5.90. The van der Waals surface area contributed by atoms with Crippen LogP contribution in [0.2, 0.25) is 5.02 Å². The summed E-state index contributed by atoms with van der Waals surface area (Å²) in [4.78, 5) is 14.4. The Morgan fingerprint density at radius 1 is 1.50 bits per heavy atom. The van der Waals surface area contributed by atoms with Gasteiger partial charge < -0.3 is 10.2 Å². The van der Waals surface area contributed by atoms with E-state index in [9.17, 15) is 4.79 Å². The van der Waals surface area contributed by atoms with Crippen molar-refractivity contribution in [2.75, 3.05) is 25.5 Å². The average molecular weight is 267 g/mol. The highest BCUT2D eigenvalue weighted by molar-refractivity contribution is 6.30. The molecule has 0 unspecified atom stereocenters. The Morgan fingerprint density at radius 3 is 2.94 bits per heavy atom. The molecule has 18 heavy (non-hydrogen) atoms. The van der Waals surface area contributed by atoms with Crippen molar-refractivity contribution in [2.45, 2.75) is 19.8 Å². The first-order chi connectivity index (χ1) is 8.56. The number of halogens is 1. The SMILES string of the molecule is Cc1cc(Cl)ccc1NC(=O)[C@H]1CCCN(C)C1. The number of carbonyl (C=O) groups is 1. The second kappa shape index (κ2) is 5.72. The quantitative estimate of drug-likeness (QED) is 0.893. The van der Waals surface area contributed by atoms with Crippen molar-refractivity contribution in [2.24, 2.45) is 5.92 Å². The second-order valence-electron chi connectivity index (χ2n) is 5.05. The Kier molecular flexibility index (Phi) is 4.25. The fourth-order valence-corrected chi connectivity index (χ4v) is 2.61. The van der Waals surface area contributed by atoms with Crippen molar-refractivity contribution in [3.63, 3.8) is 0 Å². The first-order valence-electron chi connectivity index (χ1n) is 6.32. The molecule has 1 saturated heterocycles. The molecule has 0 saturated carbocycles. The molecule has 1 N–H and O–H groups in total. The summed E-state index contributed by atoms with van der Waals surface area (Å²) in [5.74, 6) is 0.214. The number of amides is 1. The zero-order valence-corrected chi connectivity index (χ0v) is 11.6. The van der Waals surface area contributed by atoms with E-state index >= 15 is 0 Å². The first-order valence-corrected chi connectivity index (χ1v) is 6.69. The van der Waals surface area contributed by atoms with Crippen LogP contribution in [0.15, 0.2) is 18.2 Å². The summed E-state index contributed by atoms with van der Waals surface area (Å²) in [5.41, 5.74) is 1.86. The van der Waals surface area contributed by atoms with Gasteiger partial charge in [-0.05, 0) is 57.1 Å². The smallest absolute Gasteiger partial charge is 0.228 e. The lowest BCUT2D eigenvalue weighted by Gasteiger charge is -2.28. The minimum absolute atomic E-state index is 0.0961. The van der Waals surface area contributed by atoms with Gasteiger partial charge in [-0.1, -0.05) is 11.6 Å². The molecule has 1 aliphatic rings. The van der Waals surface area contributed by atoms with Gasteiger partial charge >= 0.3 is 0 Å². The van der Waals surface area contributed by atoms with Crippen LogP contribution >= 0.6 is 11.6 Å². The van der Waals surface area contributed by atoms with E-state index in [1.54, 1.807) is 6.07 Å². The number of nitrogens with one attached hydrogen (secondary N) is 1. The van der Waals surface area contributed by atoms with Crippen LogP contribution < -0.4 is 5.32 Å². The van der Waals surface area contributed by atoms with Gasteiger partial charge in [-0.3, -0.25) is 4.79 Å². The van der Waals surface area contributed by atoms with Crippen molar-refractivity contribution < 1.29 is 4.79 Å². The summed E-state index contributed by atoms with van der Waals surface area (Å²) in [7, 11) is 2.06. The summed E-state index contributed by atoms with van der Waals surface area (Å²) in [6.07, 6.45) is 2.07. The minimum atomic E-state index is 0.0961. The lowest BCUT2D eigenvalue weighted by molar-refractivity contribution is -0.121. The van der Waals surface area contributed by atoms with Crippen molar-refractivity contribution >= 4 is 23.2 Å². The maximum absolute atomic E-state index is 12.2. The van der Waals surface area contributed by atoms with Gasteiger partial charge in [-0.2, -0.15) is 0 Å². The predicted molar refractivity (Wildman–Crippen MR) is 75.0 cm³/mol. The van der Waals surface area contributed by atoms with Crippen LogP contribution in [-0.2, 0) is 4.79 Å². The van der Waals surface area contributed by atoms with Gasteiger partial charge in [0, 0.05) is 17.3 Å². The van der Waals surface area contributed by atoms with E-state index in [0.717, 1.165) is 37.2 Å². The summed E-state index contributed by atoms with van der Waals surface area (Å²) in [6.45, 7) is 3.89. The zero-order valence-electron chi connectivity index (χ0n) is 10.9. The molecule has 3 nitrogen and oxygen atoms in total. The van der Waals surface area contributed by atoms with E-state index in [2.05, 4.69) is 17.3 Å². The van der Waals surface area contributed by atoms with Crippen molar-refractivity contribution in [1.29, 1.82) is 0 Å². The molecular weight excluding hydrogens is 248 g/mol. The molecule has 0 spiro atoms. The maximum atomic E-state index is 12.2. The van der Waals surface area contributed by atoms with Crippen LogP contribution in [-0.4, -0.2) is 30.9 Å². The molecule has 1 aromatic carbocycles. The van der Waals surface area contributed by atoms with E-state index in [0.29, 0.717) is 5.02 Å². The number of nitrogens with zero attached hydrogens (tertiary/aromatic N) is 1. The number of hydrogen-bond donors (Lipinski definition) is 1. The third kappa shape index (κ3) is 3.24. The summed E-state index contributed by atoms with van der Waals surface area (Å²) < 4.78 is 0. The number of hydrogen-bond acceptors (Lipinski definition) is 2. The molecule has 1 atom stereocenters.